The van der Waals surface area contributed by atoms with Gasteiger partial charge in [-0.05, 0) is 17.7 Å². The molecule has 2 aromatic carbocycles. The van der Waals surface area contributed by atoms with Gasteiger partial charge in [-0.25, -0.2) is 0 Å². The molecule has 3 nitrogen and oxygen atoms in total. The number of benzene rings is 2. The molecule has 0 spiro atoms. The van der Waals surface area contributed by atoms with Crippen LogP contribution in [0.2, 0.25) is 10.0 Å². The van der Waals surface area contributed by atoms with Crippen LogP contribution in [0.25, 0.3) is 0 Å². The van der Waals surface area contributed by atoms with Gasteiger partial charge in [-0.3, -0.25) is 4.79 Å². The largest absolute Gasteiger partial charge is 0.343 e. The Morgan fingerprint density at radius 3 is 2.23 bits per heavy atom. The van der Waals surface area contributed by atoms with E-state index < -0.39 is 0 Å². The first-order chi connectivity index (χ1) is 12.4. The number of hydrogen-bond acceptors (Lipinski definition) is 1. The maximum atomic E-state index is 12.0. The summed E-state index contributed by atoms with van der Waals surface area (Å²) in [7, 11) is 2.28. The fourth-order valence-electron chi connectivity index (χ4n) is 4.17. The molecule has 2 aromatic rings. The van der Waals surface area contributed by atoms with Crippen LogP contribution in [0.3, 0.4) is 0 Å². The van der Waals surface area contributed by atoms with E-state index in [1.165, 1.54) is 12.8 Å². The zero-order valence-electron chi connectivity index (χ0n) is 15.2. The zero-order valence-corrected chi connectivity index (χ0v) is 16.7. The molecule has 1 aliphatic heterocycles. The molecular weight excluding hydrogens is 367 g/mol. The molecule has 1 heterocycles. The lowest BCUT2D eigenvalue weighted by molar-refractivity contribution is -0.930. The van der Waals surface area contributed by atoms with Crippen molar-refractivity contribution in [2.24, 2.45) is 0 Å². The summed E-state index contributed by atoms with van der Waals surface area (Å²) in [4.78, 5) is 12.0. The molecule has 26 heavy (non-hydrogen) atoms. The maximum Gasteiger partial charge on any atom is 0.217 e. The SMILES string of the molecule is CC(=O)NC(c1ccccc1)C(c1ccc(Cl)c(Cl)c1)[N+]1(C)CCCC1. The molecule has 2 atom stereocenters. The van der Waals surface area contributed by atoms with Gasteiger partial charge in [-0.1, -0.05) is 59.6 Å². The summed E-state index contributed by atoms with van der Waals surface area (Å²) in [6.07, 6.45) is 2.38. The lowest BCUT2D eigenvalue weighted by Gasteiger charge is -2.42. The van der Waals surface area contributed by atoms with Crippen LogP contribution in [0.4, 0.5) is 0 Å². The molecule has 0 radical (unpaired) electrons. The lowest BCUT2D eigenvalue weighted by Crippen LogP contribution is -2.50. The topological polar surface area (TPSA) is 29.1 Å². The van der Waals surface area contributed by atoms with Gasteiger partial charge < -0.3 is 9.80 Å². The molecule has 138 valence electrons. The van der Waals surface area contributed by atoms with E-state index in [1.807, 2.05) is 36.4 Å². The summed E-state index contributed by atoms with van der Waals surface area (Å²) < 4.78 is 0.873. The molecule has 0 saturated carbocycles. The Morgan fingerprint density at radius 2 is 1.65 bits per heavy atom. The quantitative estimate of drug-likeness (QED) is 0.701. The van der Waals surface area contributed by atoms with Gasteiger partial charge in [0.2, 0.25) is 5.91 Å². The van der Waals surface area contributed by atoms with Gasteiger partial charge in [-0.2, -0.15) is 0 Å². The maximum absolute atomic E-state index is 12.0. The van der Waals surface area contributed by atoms with E-state index in [-0.39, 0.29) is 18.0 Å². The average molecular weight is 392 g/mol. The number of likely N-dealkylation sites (tertiary alicyclic amines) is 1. The second-order valence-electron chi connectivity index (χ2n) is 7.34. The summed E-state index contributed by atoms with van der Waals surface area (Å²) >= 11 is 12.5. The van der Waals surface area contributed by atoms with Crippen molar-refractivity contribution in [2.45, 2.75) is 31.8 Å². The van der Waals surface area contributed by atoms with Crippen LogP contribution in [-0.2, 0) is 4.79 Å². The minimum absolute atomic E-state index is 0.0327. The van der Waals surface area contributed by atoms with E-state index in [2.05, 4.69) is 24.5 Å². The third-order valence-corrected chi connectivity index (χ3v) is 6.12. The number of halogens is 2. The Balaban J connectivity index is 2.13. The number of rotatable bonds is 5. The summed E-state index contributed by atoms with van der Waals surface area (Å²) in [6, 6.07) is 16.0. The minimum Gasteiger partial charge on any atom is -0.343 e. The first-order valence-electron chi connectivity index (χ1n) is 9.02. The molecular formula is C21H25Cl2N2O+. The van der Waals surface area contributed by atoms with Gasteiger partial charge in [0.25, 0.3) is 0 Å². The number of hydrogen-bond donors (Lipinski definition) is 1. The number of amides is 1. The van der Waals surface area contributed by atoms with Gasteiger partial charge in [0.15, 0.2) is 0 Å². The highest BCUT2D eigenvalue weighted by molar-refractivity contribution is 6.42. The molecule has 1 saturated heterocycles. The summed E-state index contributed by atoms with van der Waals surface area (Å²) in [5.74, 6) is -0.0327. The molecule has 3 rings (SSSR count). The summed E-state index contributed by atoms with van der Waals surface area (Å²) in [5.41, 5.74) is 2.21. The van der Waals surface area contributed by atoms with Crippen molar-refractivity contribution in [3.05, 3.63) is 69.7 Å². The number of carbonyl (C=O) groups is 1. The van der Waals surface area contributed by atoms with Crippen LogP contribution in [-0.4, -0.2) is 30.5 Å². The third-order valence-electron chi connectivity index (χ3n) is 5.38. The van der Waals surface area contributed by atoms with Crippen molar-refractivity contribution in [3.63, 3.8) is 0 Å². The third kappa shape index (κ3) is 4.06. The van der Waals surface area contributed by atoms with Crippen LogP contribution in [0.15, 0.2) is 48.5 Å². The number of carbonyl (C=O) groups excluding carboxylic acids is 1. The first-order valence-corrected chi connectivity index (χ1v) is 9.77. The van der Waals surface area contributed by atoms with Crippen molar-refractivity contribution in [2.75, 3.05) is 20.1 Å². The molecule has 2 unspecified atom stereocenters. The van der Waals surface area contributed by atoms with Crippen molar-refractivity contribution in [3.8, 4) is 0 Å². The van der Waals surface area contributed by atoms with Crippen LogP contribution in [0.5, 0.6) is 0 Å². The second kappa shape index (κ2) is 7.99. The van der Waals surface area contributed by atoms with E-state index in [4.69, 9.17) is 23.2 Å². The van der Waals surface area contributed by atoms with Gasteiger partial charge >= 0.3 is 0 Å². The van der Waals surface area contributed by atoms with Crippen molar-refractivity contribution in [1.29, 1.82) is 0 Å². The van der Waals surface area contributed by atoms with Crippen molar-refractivity contribution >= 4 is 29.1 Å². The molecule has 1 aliphatic rings. The van der Waals surface area contributed by atoms with Gasteiger partial charge in [0, 0.05) is 25.3 Å². The summed E-state index contributed by atoms with van der Waals surface area (Å²) in [5, 5.41) is 4.30. The molecule has 0 aliphatic carbocycles. The number of likely N-dealkylation sites (N-methyl/N-ethyl adjacent to an activating group) is 1. The van der Waals surface area contributed by atoms with Crippen molar-refractivity contribution < 1.29 is 9.28 Å². The number of nitrogens with zero attached hydrogens (tertiary/aromatic N) is 1. The molecule has 5 heteroatoms. The standard InChI is InChI=1S/C21H24Cl2N2O/c1-15(26)24-20(16-8-4-3-5-9-16)21(25(2)12-6-7-13-25)17-10-11-18(22)19(23)14-17/h3-5,8-11,14,20-21H,6-7,12-13H2,1-2H3/p+1. The highest BCUT2D eigenvalue weighted by Gasteiger charge is 2.43. The van der Waals surface area contributed by atoms with Crippen LogP contribution in [0.1, 0.15) is 43.0 Å². The second-order valence-corrected chi connectivity index (χ2v) is 8.16. The Bertz CT molecular complexity index is 773. The fourth-order valence-corrected chi connectivity index (χ4v) is 4.48. The smallest absolute Gasteiger partial charge is 0.217 e. The highest BCUT2D eigenvalue weighted by Crippen LogP contribution is 2.42. The Morgan fingerprint density at radius 1 is 1.00 bits per heavy atom. The van der Waals surface area contributed by atoms with E-state index in [0.29, 0.717) is 10.0 Å². The van der Waals surface area contributed by atoms with Gasteiger partial charge in [-0.15, -0.1) is 0 Å². The molecule has 1 fully saturated rings. The molecule has 0 aromatic heterocycles. The zero-order chi connectivity index (χ0) is 18.7. The molecule has 0 bridgehead atoms. The Kier molecular flexibility index (Phi) is 5.91. The van der Waals surface area contributed by atoms with Crippen LogP contribution < -0.4 is 5.32 Å². The lowest BCUT2D eigenvalue weighted by atomic mass is 9.90. The van der Waals surface area contributed by atoms with Crippen LogP contribution in [0, 0.1) is 0 Å². The average Bonchev–Trinajstić information content (AvgIpc) is 3.05. The predicted octanol–water partition coefficient (Wildman–Crippen LogP) is 5.15. The number of quaternary nitrogens is 1. The van der Waals surface area contributed by atoms with E-state index in [1.54, 1.807) is 6.92 Å². The Labute approximate surface area is 165 Å². The summed E-state index contributed by atoms with van der Waals surface area (Å²) in [6.45, 7) is 3.73. The van der Waals surface area contributed by atoms with Crippen LogP contribution >= 0.6 is 23.2 Å². The normalized spacial score (nSPS) is 18.3. The molecule has 1 amide bonds. The minimum atomic E-state index is -0.131. The van der Waals surface area contributed by atoms with Crippen molar-refractivity contribution in [1.82, 2.24) is 5.32 Å². The fraction of sp³-hybridized carbons (Fsp3) is 0.381. The van der Waals surface area contributed by atoms with E-state index >= 15 is 0 Å². The number of nitrogens with one attached hydrogen (secondary N) is 1. The van der Waals surface area contributed by atoms with Gasteiger partial charge in [0.05, 0.1) is 30.2 Å². The first kappa shape index (κ1) is 19.2. The highest BCUT2D eigenvalue weighted by atomic mass is 35.5. The molecule has 1 N–H and O–H groups in total. The van der Waals surface area contributed by atoms with E-state index in [9.17, 15) is 4.79 Å². The van der Waals surface area contributed by atoms with Gasteiger partial charge in [0.1, 0.15) is 12.1 Å². The van der Waals surface area contributed by atoms with E-state index in [0.717, 1.165) is 28.7 Å². The Hall–Kier alpha value is -1.55. The predicted molar refractivity (Wildman–Crippen MR) is 107 cm³/mol. The monoisotopic (exact) mass is 391 g/mol.